The third kappa shape index (κ3) is 1.55. The Labute approximate surface area is 97.4 Å². The SMILES string of the molecule is Nc1cccc(Cl)c1-c1nc(C2CC2)no1. The molecule has 1 fully saturated rings. The Kier molecular flexibility index (Phi) is 2.11. The molecule has 0 amide bonds. The lowest BCUT2D eigenvalue weighted by molar-refractivity contribution is 0.423. The van der Waals surface area contributed by atoms with Crippen LogP contribution < -0.4 is 5.73 Å². The zero-order valence-electron chi connectivity index (χ0n) is 8.48. The van der Waals surface area contributed by atoms with Gasteiger partial charge in [-0.05, 0) is 25.0 Å². The van der Waals surface area contributed by atoms with Crippen molar-refractivity contribution in [2.24, 2.45) is 0 Å². The van der Waals surface area contributed by atoms with Crippen LogP contribution in [0.15, 0.2) is 22.7 Å². The number of nitrogens with zero attached hydrogens (tertiary/aromatic N) is 2. The fourth-order valence-corrected chi connectivity index (χ4v) is 1.87. The summed E-state index contributed by atoms with van der Waals surface area (Å²) in [6, 6.07) is 5.32. The lowest BCUT2D eigenvalue weighted by Gasteiger charge is -2.01. The highest BCUT2D eigenvalue weighted by Crippen LogP contribution is 2.40. The number of hydrogen-bond donors (Lipinski definition) is 1. The van der Waals surface area contributed by atoms with Gasteiger partial charge < -0.3 is 10.3 Å². The summed E-state index contributed by atoms with van der Waals surface area (Å²) in [5, 5.41) is 4.47. The predicted octanol–water partition coefficient (Wildman–Crippen LogP) is 2.85. The smallest absolute Gasteiger partial charge is 0.261 e. The molecule has 1 aliphatic rings. The van der Waals surface area contributed by atoms with Crippen LogP contribution in [0.1, 0.15) is 24.6 Å². The normalized spacial score (nSPS) is 15.3. The van der Waals surface area contributed by atoms with Gasteiger partial charge in [0.15, 0.2) is 5.82 Å². The van der Waals surface area contributed by atoms with Gasteiger partial charge in [0.2, 0.25) is 0 Å². The number of hydrogen-bond acceptors (Lipinski definition) is 4. The molecule has 0 spiro atoms. The largest absolute Gasteiger partial charge is 0.398 e. The van der Waals surface area contributed by atoms with E-state index in [1.165, 1.54) is 0 Å². The number of aromatic nitrogens is 2. The van der Waals surface area contributed by atoms with Gasteiger partial charge in [0, 0.05) is 11.6 Å². The van der Waals surface area contributed by atoms with Crippen LogP contribution in [0.2, 0.25) is 5.02 Å². The quantitative estimate of drug-likeness (QED) is 0.813. The molecule has 0 saturated heterocycles. The van der Waals surface area contributed by atoms with E-state index in [-0.39, 0.29) is 0 Å². The Balaban J connectivity index is 2.06. The van der Waals surface area contributed by atoms with Gasteiger partial charge in [-0.15, -0.1) is 0 Å². The number of nitrogens with two attached hydrogens (primary N) is 1. The summed E-state index contributed by atoms with van der Waals surface area (Å²) < 4.78 is 5.19. The van der Waals surface area contributed by atoms with Crippen LogP contribution in [0.3, 0.4) is 0 Å². The summed E-state index contributed by atoms with van der Waals surface area (Å²) >= 11 is 6.06. The second kappa shape index (κ2) is 3.49. The van der Waals surface area contributed by atoms with Gasteiger partial charge >= 0.3 is 0 Å². The first-order chi connectivity index (χ1) is 7.75. The molecule has 3 rings (SSSR count). The zero-order chi connectivity index (χ0) is 11.1. The number of rotatable bonds is 2. The molecule has 0 radical (unpaired) electrons. The number of anilines is 1. The lowest BCUT2D eigenvalue weighted by Crippen LogP contribution is -1.91. The first-order valence-electron chi connectivity index (χ1n) is 5.13. The van der Waals surface area contributed by atoms with Crippen molar-refractivity contribution in [3.05, 3.63) is 29.0 Å². The van der Waals surface area contributed by atoms with Crippen molar-refractivity contribution in [3.63, 3.8) is 0 Å². The van der Waals surface area contributed by atoms with Gasteiger partial charge in [-0.25, -0.2) is 0 Å². The van der Waals surface area contributed by atoms with Crippen LogP contribution in [-0.4, -0.2) is 10.1 Å². The van der Waals surface area contributed by atoms with E-state index in [1.54, 1.807) is 18.2 Å². The molecule has 0 unspecified atom stereocenters. The third-order valence-electron chi connectivity index (χ3n) is 2.64. The average Bonchev–Trinajstić information content (AvgIpc) is 2.99. The van der Waals surface area contributed by atoms with Gasteiger partial charge in [0.1, 0.15) is 0 Å². The summed E-state index contributed by atoms with van der Waals surface area (Å²) in [5.41, 5.74) is 7.02. The maximum absolute atomic E-state index is 6.06. The Morgan fingerprint density at radius 2 is 2.19 bits per heavy atom. The van der Waals surface area contributed by atoms with Gasteiger partial charge in [-0.1, -0.05) is 22.8 Å². The molecular formula is C11H10ClN3O. The zero-order valence-corrected chi connectivity index (χ0v) is 9.24. The second-order valence-electron chi connectivity index (χ2n) is 3.94. The highest BCUT2D eigenvalue weighted by atomic mass is 35.5. The summed E-state index contributed by atoms with van der Waals surface area (Å²) in [7, 11) is 0. The minimum atomic E-state index is 0.407. The molecule has 2 N–H and O–H groups in total. The van der Waals surface area contributed by atoms with Crippen LogP contribution in [0.25, 0.3) is 11.5 Å². The Hall–Kier alpha value is -1.55. The molecular weight excluding hydrogens is 226 g/mol. The molecule has 0 bridgehead atoms. The van der Waals surface area contributed by atoms with Crippen LogP contribution in [0, 0.1) is 0 Å². The Morgan fingerprint density at radius 1 is 1.38 bits per heavy atom. The molecule has 2 aromatic rings. The van der Waals surface area contributed by atoms with Gasteiger partial charge in [0.25, 0.3) is 5.89 Å². The van der Waals surface area contributed by atoms with Crippen LogP contribution in [-0.2, 0) is 0 Å². The van der Waals surface area contributed by atoms with Gasteiger partial charge in [-0.2, -0.15) is 4.98 Å². The van der Waals surface area contributed by atoms with Crippen LogP contribution in [0.5, 0.6) is 0 Å². The van der Waals surface area contributed by atoms with E-state index in [0.717, 1.165) is 18.7 Å². The monoisotopic (exact) mass is 235 g/mol. The van der Waals surface area contributed by atoms with Crippen molar-refractivity contribution in [1.29, 1.82) is 0 Å². The summed E-state index contributed by atoms with van der Waals surface area (Å²) in [5.74, 6) is 1.63. The van der Waals surface area contributed by atoms with Gasteiger partial charge in [0.05, 0.1) is 10.6 Å². The van der Waals surface area contributed by atoms with E-state index in [2.05, 4.69) is 10.1 Å². The first kappa shape index (κ1) is 9.66. The van der Waals surface area contributed by atoms with E-state index in [0.29, 0.717) is 28.1 Å². The second-order valence-corrected chi connectivity index (χ2v) is 4.34. The molecule has 0 aliphatic heterocycles. The van der Waals surface area contributed by atoms with E-state index in [4.69, 9.17) is 21.9 Å². The Bertz CT molecular complexity index is 514. The maximum atomic E-state index is 6.06. The summed E-state index contributed by atoms with van der Waals surface area (Å²) in [6.07, 6.45) is 2.27. The highest BCUT2D eigenvalue weighted by Gasteiger charge is 2.29. The first-order valence-corrected chi connectivity index (χ1v) is 5.51. The van der Waals surface area contributed by atoms with Crippen molar-refractivity contribution in [2.75, 3.05) is 5.73 Å². The van der Waals surface area contributed by atoms with E-state index in [9.17, 15) is 0 Å². The molecule has 4 nitrogen and oxygen atoms in total. The average molecular weight is 236 g/mol. The summed E-state index contributed by atoms with van der Waals surface area (Å²) in [4.78, 5) is 4.32. The van der Waals surface area contributed by atoms with Crippen molar-refractivity contribution < 1.29 is 4.52 Å². The van der Waals surface area contributed by atoms with Crippen molar-refractivity contribution in [1.82, 2.24) is 10.1 Å². The van der Waals surface area contributed by atoms with E-state index < -0.39 is 0 Å². The minimum Gasteiger partial charge on any atom is -0.398 e. The number of nitrogen functional groups attached to an aromatic ring is 1. The van der Waals surface area contributed by atoms with Crippen LogP contribution in [0.4, 0.5) is 5.69 Å². The molecule has 1 heterocycles. The molecule has 0 atom stereocenters. The van der Waals surface area contributed by atoms with Crippen molar-refractivity contribution >= 4 is 17.3 Å². The fourth-order valence-electron chi connectivity index (χ4n) is 1.61. The maximum Gasteiger partial charge on any atom is 0.261 e. The fraction of sp³-hybridized carbons (Fsp3) is 0.273. The molecule has 1 aliphatic carbocycles. The molecule has 5 heteroatoms. The van der Waals surface area contributed by atoms with Crippen molar-refractivity contribution in [3.8, 4) is 11.5 Å². The topological polar surface area (TPSA) is 64.9 Å². The molecule has 16 heavy (non-hydrogen) atoms. The van der Waals surface area contributed by atoms with Crippen molar-refractivity contribution in [2.45, 2.75) is 18.8 Å². The highest BCUT2D eigenvalue weighted by molar-refractivity contribution is 6.33. The molecule has 82 valence electrons. The molecule has 1 saturated carbocycles. The predicted molar refractivity (Wildman–Crippen MR) is 61.1 cm³/mol. The lowest BCUT2D eigenvalue weighted by atomic mass is 10.2. The standard InChI is InChI=1S/C11H10ClN3O/c12-7-2-1-3-8(13)9(7)11-14-10(15-16-11)6-4-5-6/h1-3,6H,4-5,13H2. The van der Waals surface area contributed by atoms with E-state index in [1.807, 2.05) is 0 Å². The third-order valence-corrected chi connectivity index (χ3v) is 2.96. The van der Waals surface area contributed by atoms with E-state index >= 15 is 0 Å². The Morgan fingerprint density at radius 3 is 2.88 bits per heavy atom. The summed E-state index contributed by atoms with van der Waals surface area (Å²) in [6.45, 7) is 0. The van der Waals surface area contributed by atoms with Gasteiger partial charge in [-0.3, -0.25) is 0 Å². The number of halogens is 1. The molecule has 1 aromatic carbocycles. The van der Waals surface area contributed by atoms with Crippen LogP contribution >= 0.6 is 11.6 Å². The number of benzene rings is 1. The minimum absolute atomic E-state index is 0.407. The molecule has 1 aromatic heterocycles.